The van der Waals surface area contributed by atoms with Crippen molar-refractivity contribution in [3.8, 4) is 11.5 Å². The van der Waals surface area contributed by atoms with Crippen LogP contribution in [0.4, 0.5) is 0 Å². The van der Waals surface area contributed by atoms with E-state index in [0.717, 1.165) is 28.4 Å². The number of hydrogen-bond donors (Lipinski definition) is 1. The Morgan fingerprint density at radius 2 is 1.84 bits per heavy atom. The molecule has 0 aliphatic heterocycles. The highest BCUT2D eigenvalue weighted by molar-refractivity contribution is 9.11. The summed E-state index contributed by atoms with van der Waals surface area (Å²) in [5.41, 5.74) is 1.17. The lowest BCUT2D eigenvalue weighted by Gasteiger charge is -2.10. The Bertz CT molecular complexity index is 542. The minimum Gasteiger partial charge on any atom is -0.493 e. The first kappa shape index (κ1) is 14.4. The number of halogens is 1. The molecular formula is C14H16BrNO2S. The van der Waals surface area contributed by atoms with Crippen molar-refractivity contribution in [3.63, 3.8) is 0 Å². The van der Waals surface area contributed by atoms with Crippen molar-refractivity contribution in [1.82, 2.24) is 5.32 Å². The fourth-order valence-electron chi connectivity index (χ4n) is 1.77. The van der Waals surface area contributed by atoms with E-state index >= 15 is 0 Å². The Balaban J connectivity index is 1.92. The van der Waals surface area contributed by atoms with Gasteiger partial charge in [0.1, 0.15) is 0 Å². The number of ether oxygens (including phenoxy) is 2. The number of nitrogens with one attached hydrogen (secondary N) is 1. The predicted molar refractivity (Wildman–Crippen MR) is 82.1 cm³/mol. The van der Waals surface area contributed by atoms with Crippen LogP contribution in [-0.4, -0.2) is 14.2 Å². The van der Waals surface area contributed by atoms with Crippen LogP contribution in [0.3, 0.4) is 0 Å². The van der Waals surface area contributed by atoms with Crippen LogP contribution in [0, 0.1) is 0 Å². The van der Waals surface area contributed by atoms with Crippen LogP contribution < -0.4 is 14.8 Å². The lowest BCUT2D eigenvalue weighted by atomic mass is 10.2. The molecule has 2 rings (SSSR count). The third-order valence-corrected chi connectivity index (χ3v) is 4.33. The molecule has 1 aromatic heterocycles. The Hall–Kier alpha value is -1.04. The first-order valence-corrected chi connectivity index (χ1v) is 7.49. The molecule has 1 N–H and O–H groups in total. The molecule has 0 aliphatic carbocycles. The normalized spacial score (nSPS) is 10.5. The molecule has 0 saturated carbocycles. The van der Waals surface area contributed by atoms with Crippen molar-refractivity contribution < 1.29 is 9.47 Å². The third kappa shape index (κ3) is 3.96. The number of benzene rings is 1. The average molecular weight is 342 g/mol. The quantitative estimate of drug-likeness (QED) is 0.866. The zero-order valence-corrected chi connectivity index (χ0v) is 13.3. The van der Waals surface area contributed by atoms with Gasteiger partial charge in [-0.2, -0.15) is 0 Å². The maximum Gasteiger partial charge on any atom is 0.161 e. The van der Waals surface area contributed by atoms with Crippen LogP contribution in [-0.2, 0) is 13.1 Å². The SMILES string of the molecule is COc1ccc(CNCc2ccc(Br)s2)cc1OC. The van der Waals surface area contributed by atoms with Crippen molar-refractivity contribution in [2.75, 3.05) is 14.2 Å². The Morgan fingerprint density at radius 3 is 2.47 bits per heavy atom. The van der Waals surface area contributed by atoms with Gasteiger partial charge in [-0.15, -0.1) is 11.3 Å². The molecule has 19 heavy (non-hydrogen) atoms. The number of hydrogen-bond acceptors (Lipinski definition) is 4. The van der Waals surface area contributed by atoms with Gasteiger partial charge in [-0.1, -0.05) is 6.07 Å². The van der Waals surface area contributed by atoms with E-state index in [4.69, 9.17) is 9.47 Å². The topological polar surface area (TPSA) is 30.5 Å². The van der Waals surface area contributed by atoms with E-state index in [1.807, 2.05) is 18.2 Å². The zero-order chi connectivity index (χ0) is 13.7. The molecule has 0 amide bonds. The van der Waals surface area contributed by atoms with Gasteiger partial charge in [-0.05, 0) is 45.8 Å². The Morgan fingerprint density at radius 1 is 1.05 bits per heavy atom. The molecule has 1 aromatic carbocycles. The van der Waals surface area contributed by atoms with Gasteiger partial charge in [0, 0.05) is 18.0 Å². The van der Waals surface area contributed by atoms with Crippen LogP contribution in [0.15, 0.2) is 34.1 Å². The third-order valence-electron chi connectivity index (χ3n) is 2.71. The number of methoxy groups -OCH3 is 2. The van der Waals surface area contributed by atoms with Gasteiger partial charge in [-0.25, -0.2) is 0 Å². The van der Waals surface area contributed by atoms with Crippen LogP contribution in [0.1, 0.15) is 10.4 Å². The van der Waals surface area contributed by atoms with Crippen molar-refractivity contribution in [2.24, 2.45) is 0 Å². The van der Waals surface area contributed by atoms with Gasteiger partial charge < -0.3 is 14.8 Å². The van der Waals surface area contributed by atoms with Crippen molar-refractivity contribution in [1.29, 1.82) is 0 Å². The fourth-order valence-corrected chi connectivity index (χ4v) is 3.22. The number of rotatable bonds is 6. The summed E-state index contributed by atoms with van der Waals surface area (Å²) in [5.74, 6) is 1.52. The molecule has 0 bridgehead atoms. The van der Waals surface area contributed by atoms with Gasteiger partial charge in [-0.3, -0.25) is 0 Å². The highest BCUT2D eigenvalue weighted by Crippen LogP contribution is 2.27. The summed E-state index contributed by atoms with van der Waals surface area (Å²) in [4.78, 5) is 1.31. The molecule has 2 aromatic rings. The minimum absolute atomic E-state index is 0.758. The van der Waals surface area contributed by atoms with Crippen LogP contribution in [0.25, 0.3) is 0 Å². The van der Waals surface area contributed by atoms with Gasteiger partial charge in [0.25, 0.3) is 0 Å². The van der Waals surface area contributed by atoms with E-state index in [0.29, 0.717) is 0 Å². The number of thiophene rings is 1. The molecule has 0 spiro atoms. The zero-order valence-electron chi connectivity index (χ0n) is 10.9. The second-order valence-electron chi connectivity index (χ2n) is 4.00. The molecule has 1 heterocycles. The van der Waals surface area contributed by atoms with E-state index < -0.39 is 0 Å². The summed E-state index contributed by atoms with van der Waals surface area (Å²) in [6.45, 7) is 1.67. The van der Waals surface area contributed by atoms with E-state index in [9.17, 15) is 0 Å². The largest absolute Gasteiger partial charge is 0.493 e. The van der Waals surface area contributed by atoms with E-state index in [1.165, 1.54) is 10.4 Å². The molecular weight excluding hydrogens is 326 g/mol. The average Bonchev–Trinajstić information content (AvgIpc) is 2.84. The van der Waals surface area contributed by atoms with Gasteiger partial charge in [0.05, 0.1) is 18.0 Å². The first-order chi connectivity index (χ1) is 9.22. The summed E-state index contributed by atoms with van der Waals surface area (Å²) in [7, 11) is 3.29. The molecule has 0 radical (unpaired) electrons. The van der Waals surface area contributed by atoms with Crippen LogP contribution >= 0.6 is 27.3 Å². The maximum absolute atomic E-state index is 5.29. The fraction of sp³-hybridized carbons (Fsp3) is 0.286. The van der Waals surface area contributed by atoms with Gasteiger partial charge in [0.15, 0.2) is 11.5 Å². The monoisotopic (exact) mass is 341 g/mol. The molecule has 3 nitrogen and oxygen atoms in total. The van der Waals surface area contributed by atoms with E-state index in [1.54, 1.807) is 25.6 Å². The van der Waals surface area contributed by atoms with Crippen molar-refractivity contribution >= 4 is 27.3 Å². The minimum atomic E-state index is 0.758. The molecule has 0 aliphatic rings. The highest BCUT2D eigenvalue weighted by atomic mass is 79.9. The lowest BCUT2D eigenvalue weighted by molar-refractivity contribution is 0.354. The molecule has 5 heteroatoms. The summed E-state index contributed by atoms with van der Waals surface area (Å²) in [6.07, 6.45) is 0. The predicted octanol–water partition coefficient (Wildman–Crippen LogP) is 3.82. The molecule has 102 valence electrons. The van der Waals surface area contributed by atoms with Crippen LogP contribution in [0.5, 0.6) is 11.5 Å². The van der Waals surface area contributed by atoms with Gasteiger partial charge >= 0.3 is 0 Å². The Kier molecular flexibility index (Phi) is 5.24. The van der Waals surface area contributed by atoms with E-state index in [2.05, 4.69) is 33.4 Å². The highest BCUT2D eigenvalue weighted by Gasteiger charge is 2.04. The second-order valence-corrected chi connectivity index (χ2v) is 6.55. The molecule has 0 fully saturated rings. The summed E-state index contributed by atoms with van der Waals surface area (Å²) >= 11 is 5.21. The summed E-state index contributed by atoms with van der Waals surface area (Å²) in [5, 5.41) is 3.41. The van der Waals surface area contributed by atoms with Gasteiger partial charge in [0.2, 0.25) is 0 Å². The lowest BCUT2D eigenvalue weighted by Crippen LogP contribution is -2.11. The molecule has 0 atom stereocenters. The summed E-state index contributed by atoms with van der Waals surface area (Å²) < 4.78 is 11.7. The summed E-state index contributed by atoms with van der Waals surface area (Å²) in [6, 6.07) is 10.2. The Labute approximate surface area is 125 Å². The standard InChI is InChI=1S/C14H16BrNO2S/c1-17-12-5-3-10(7-13(12)18-2)8-16-9-11-4-6-14(15)19-11/h3-7,16H,8-9H2,1-2H3. The first-order valence-electron chi connectivity index (χ1n) is 5.88. The second kappa shape index (κ2) is 6.93. The molecule has 0 unspecified atom stereocenters. The smallest absolute Gasteiger partial charge is 0.161 e. The van der Waals surface area contributed by atoms with Crippen molar-refractivity contribution in [2.45, 2.75) is 13.1 Å². The van der Waals surface area contributed by atoms with E-state index in [-0.39, 0.29) is 0 Å². The van der Waals surface area contributed by atoms with Crippen LogP contribution in [0.2, 0.25) is 0 Å². The maximum atomic E-state index is 5.29. The van der Waals surface area contributed by atoms with Crippen molar-refractivity contribution in [3.05, 3.63) is 44.6 Å². The molecule has 0 saturated heterocycles.